The molecule has 3 aliphatic rings. The SMILES string of the molecule is O=C(O)CCCN1C(=O)[C@@H]2[C@H](C1=O)[C@]1(Cl)C(Cl)=C(Cl)[C@@]2(Cl)C1(Cl)Cl. The monoisotopic (exact) mass is 453 g/mol. The van der Waals surface area contributed by atoms with E-state index >= 15 is 0 Å². The first kappa shape index (κ1) is 18.9. The van der Waals surface area contributed by atoms with Gasteiger partial charge in [0, 0.05) is 13.0 Å². The van der Waals surface area contributed by atoms with Crippen LogP contribution < -0.4 is 0 Å². The van der Waals surface area contributed by atoms with Crippen molar-refractivity contribution in [1.29, 1.82) is 0 Å². The molecule has 11 heteroatoms. The number of aliphatic carboxylic acids is 1. The van der Waals surface area contributed by atoms with E-state index in [0.717, 1.165) is 4.90 Å². The molecule has 0 aromatic carbocycles. The summed E-state index contributed by atoms with van der Waals surface area (Å²) in [6, 6.07) is 0. The number of carboxylic acid groups (broad SMARTS) is 1. The highest BCUT2D eigenvalue weighted by molar-refractivity contribution is 6.66. The van der Waals surface area contributed by atoms with Crippen LogP contribution in [0.15, 0.2) is 10.1 Å². The molecule has 0 spiro atoms. The van der Waals surface area contributed by atoms with Gasteiger partial charge in [-0.3, -0.25) is 19.3 Å². The molecule has 1 N–H and O–H groups in total. The van der Waals surface area contributed by atoms with E-state index in [2.05, 4.69) is 0 Å². The van der Waals surface area contributed by atoms with Crippen LogP contribution in [0.2, 0.25) is 0 Å². The number of hydrogen-bond acceptors (Lipinski definition) is 3. The number of imide groups is 1. The molecule has 24 heavy (non-hydrogen) atoms. The van der Waals surface area contributed by atoms with Crippen LogP contribution in [0.4, 0.5) is 0 Å². The molecule has 0 aromatic heterocycles. The third kappa shape index (κ3) is 1.89. The van der Waals surface area contributed by atoms with Gasteiger partial charge in [0.15, 0.2) is 4.33 Å². The average Bonchev–Trinajstić information content (AvgIpc) is 2.86. The minimum atomic E-state index is -1.95. The molecule has 0 radical (unpaired) electrons. The summed E-state index contributed by atoms with van der Waals surface area (Å²) in [4.78, 5) is 33.3. The number of fused-ring (bicyclic) bond motifs is 5. The molecule has 1 saturated carbocycles. The highest BCUT2D eigenvalue weighted by Gasteiger charge is 2.87. The van der Waals surface area contributed by atoms with Crippen molar-refractivity contribution in [3.8, 4) is 0 Å². The Morgan fingerprint density at radius 2 is 1.42 bits per heavy atom. The number of carboxylic acids is 1. The zero-order valence-electron chi connectivity index (χ0n) is 11.7. The first-order valence-electron chi connectivity index (χ1n) is 6.82. The molecule has 2 bridgehead atoms. The lowest BCUT2D eigenvalue weighted by Crippen LogP contribution is -2.50. The van der Waals surface area contributed by atoms with E-state index < -0.39 is 43.7 Å². The molecular weight excluding hydrogens is 447 g/mol. The molecule has 4 atom stereocenters. The lowest BCUT2D eigenvalue weighted by molar-refractivity contribution is -0.142. The van der Waals surface area contributed by atoms with Gasteiger partial charge in [0.1, 0.15) is 9.75 Å². The van der Waals surface area contributed by atoms with E-state index in [1.807, 2.05) is 0 Å². The average molecular weight is 456 g/mol. The van der Waals surface area contributed by atoms with E-state index in [4.69, 9.17) is 74.7 Å². The van der Waals surface area contributed by atoms with Crippen molar-refractivity contribution in [2.45, 2.75) is 26.9 Å². The van der Waals surface area contributed by atoms with Gasteiger partial charge in [-0.05, 0) is 6.42 Å². The van der Waals surface area contributed by atoms with E-state index in [1.54, 1.807) is 0 Å². The number of hydrogen-bond donors (Lipinski definition) is 1. The highest BCUT2D eigenvalue weighted by atomic mass is 35.5. The fraction of sp³-hybridized carbons (Fsp3) is 0.615. The van der Waals surface area contributed by atoms with Crippen LogP contribution in [0.1, 0.15) is 12.8 Å². The Morgan fingerprint density at radius 3 is 1.79 bits per heavy atom. The number of allylic oxidation sites excluding steroid dienone is 2. The number of nitrogens with zero attached hydrogens (tertiary/aromatic N) is 1. The second-order valence-electron chi connectivity index (χ2n) is 5.91. The number of likely N-dealkylation sites (tertiary alicyclic amines) is 1. The first-order valence-corrected chi connectivity index (χ1v) is 9.09. The zero-order chi connectivity index (χ0) is 18.2. The van der Waals surface area contributed by atoms with Crippen molar-refractivity contribution in [2.24, 2.45) is 11.8 Å². The van der Waals surface area contributed by atoms with Gasteiger partial charge < -0.3 is 5.11 Å². The summed E-state index contributed by atoms with van der Waals surface area (Å²) in [5.41, 5.74) is 0. The fourth-order valence-corrected chi connectivity index (χ4v) is 6.59. The van der Waals surface area contributed by atoms with E-state index in [-0.39, 0.29) is 29.5 Å². The van der Waals surface area contributed by atoms with Crippen molar-refractivity contribution in [2.75, 3.05) is 6.54 Å². The number of rotatable bonds is 4. The number of halogens is 6. The fourth-order valence-electron chi connectivity index (χ4n) is 3.66. The summed E-state index contributed by atoms with van der Waals surface area (Å²) in [6.07, 6.45) is -0.0995. The second-order valence-corrected chi connectivity index (χ2v) is 9.18. The van der Waals surface area contributed by atoms with E-state index in [1.165, 1.54) is 0 Å². The van der Waals surface area contributed by atoms with E-state index in [9.17, 15) is 14.4 Å². The van der Waals surface area contributed by atoms with E-state index in [0.29, 0.717) is 0 Å². The Balaban J connectivity index is 2.01. The summed E-state index contributed by atoms with van der Waals surface area (Å²) in [7, 11) is 0. The Kier molecular flexibility index (Phi) is 4.36. The van der Waals surface area contributed by atoms with Crippen molar-refractivity contribution in [3.63, 3.8) is 0 Å². The molecule has 1 heterocycles. The lowest BCUT2D eigenvalue weighted by Gasteiger charge is -2.34. The predicted octanol–water partition coefficient (Wildman–Crippen LogP) is 3.30. The molecule has 2 amide bonds. The number of alkyl halides is 4. The van der Waals surface area contributed by atoms with Gasteiger partial charge in [0.05, 0.1) is 21.9 Å². The van der Waals surface area contributed by atoms with Crippen molar-refractivity contribution >= 4 is 87.4 Å². The Hall–Kier alpha value is 0.0900. The van der Waals surface area contributed by atoms with Gasteiger partial charge >= 0.3 is 5.97 Å². The second kappa shape index (κ2) is 5.54. The number of carbonyl (C=O) groups excluding carboxylic acids is 2. The molecule has 5 nitrogen and oxygen atoms in total. The lowest BCUT2D eigenvalue weighted by atomic mass is 9.84. The Bertz CT molecular complexity index is 663. The maximum absolute atomic E-state index is 12.7. The van der Waals surface area contributed by atoms with Crippen LogP contribution in [0.5, 0.6) is 0 Å². The van der Waals surface area contributed by atoms with Crippen LogP contribution >= 0.6 is 69.6 Å². The largest absolute Gasteiger partial charge is 0.481 e. The molecule has 2 fully saturated rings. The van der Waals surface area contributed by atoms with Gasteiger partial charge in [0.2, 0.25) is 11.8 Å². The van der Waals surface area contributed by atoms with Crippen LogP contribution in [-0.2, 0) is 14.4 Å². The van der Waals surface area contributed by atoms with Crippen molar-refractivity contribution in [3.05, 3.63) is 10.1 Å². The Labute approximate surface area is 166 Å². The third-order valence-electron chi connectivity index (χ3n) is 4.77. The van der Waals surface area contributed by atoms with Gasteiger partial charge in [-0.15, -0.1) is 23.2 Å². The van der Waals surface area contributed by atoms with Gasteiger partial charge in [-0.1, -0.05) is 46.4 Å². The molecule has 132 valence electrons. The molecule has 1 saturated heterocycles. The van der Waals surface area contributed by atoms with Gasteiger partial charge in [-0.25, -0.2) is 0 Å². The van der Waals surface area contributed by atoms with Crippen molar-refractivity contribution in [1.82, 2.24) is 4.90 Å². The van der Waals surface area contributed by atoms with Crippen LogP contribution in [0.25, 0.3) is 0 Å². The maximum Gasteiger partial charge on any atom is 0.303 e. The molecule has 0 unspecified atom stereocenters. The molecule has 2 aliphatic carbocycles. The third-order valence-corrected chi connectivity index (χ3v) is 9.03. The summed E-state index contributed by atoms with van der Waals surface area (Å²) >= 11 is 38.0. The quantitative estimate of drug-likeness (QED) is 0.521. The summed E-state index contributed by atoms with van der Waals surface area (Å²) < 4.78 is -1.95. The standard InChI is InChI=1S/C13H9Cl6NO4/c14-7-8(15)12(17)6-5(11(7,16)13(12,18)19)9(23)20(10(6)24)3-1-2-4(21)22/h5-6H,1-3H2,(H,21,22)/t5-,6+,11+,12-. The van der Waals surface area contributed by atoms with Crippen LogP contribution in [0, 0.1) is 11.8 Å². The van der Waals surface area contributed by atoms with Crippen molar-refractivity contribution < 1.29 is 19.5 Å². The maximum atomic E-state index is 12.7. The molecule has 3 rings (SSSR count). The van der Waals surface area contributed by atoms with Crippen LogP contribution in [-0.4, -0.2) is 48.4 Å². The highest BCUT2D eigenvalue weighted by Crippen LogP contribution is 2.77. The molecule has 1 aliphatic heterocycles. The minimum absolute atomic E-state index is 0.0796. The normalized spacial score (nSPS) is 39.8. The Morgan fingerprint density at radius 1 is 1.00 bits per heavy atom. The molecular formula is C13H9Cl6NO4. The van der Waals surface area contributed by atoms with Gasteiger partial charge in [-0.2, -0.15) is 0 Å². The molecule has 0 aromatic rings. The topological polar surface area (TPSA) is 74.7 Å². The summed E-state index contributed by atoms with van der Waals surface area (Å²) in [5.74, 6) is -4.65. The van der Waals surface area contributed by atoms with Gasteiger partial charge in [0.25, 0.3) is 0 Å². The summed E-state index contributed by atoms with van der Waals surface area (Å²) in [5, 5.41) is 8.38. The summed E-state index contributed by atoms with van der Waals surface area (Å²) in [6.45, 7) is -0.0796. The number of amides is 2. The number of carbonyl (C=O) groups is 3. The zero-order valence-corrected chi connectivity index (χ0v) is 16.2. The van der Waals surface area contributed by atoms with Crippen LogP contribution in [0.3, 0.4) is 0 Å². The minimum Gasteiger partial charge on any atom is -0.481 e. The first-order chi connectivity index (χ1) is 10.9. The predicted molar refractivity (Wildman–Crippen MR) is 90.9 cm³/mol. The smallest absolute Gasteiger partial charge is 0.303 e.